The molecule has 1 aromatic rings. The number of esters is 1. The number of aliphatic hydroxyl groups is 4. The fraction of sp³-hybridized carbons (Fsp3) is 0.562. The second kappa shape index (κ2) is 6.77. The SMILES string of the molecule is CC1Cc2c(O)ccc(OC3OC(CO)C(O)C(O)C3O)c2C(=O)O1. The Balaban J connectivity index is 1.91. The van der Waals surface area contributed by atoms with Crippen molar-refractivity contribution in [1.29, 1.82) is 0 Å². The Morgan fingerprint density at radius 2 is 1.92 bits per heavy atom. The monoisotopic (exact) mass is 356 g/mol. The predicted molar refractivity (Wildman–Crippen MR) is 81.1 cm³/mol. The van der Waals surface area contributed by atoms with Gasteiger partial charge in [-0.2, -0.15) is 0 Å². The number of ether oxygens (including phenoxy) is 3. The summed E-state index contributed by atoms with van der Waals surface area (Å²) < 4.78 is 15.9. The molecule has 2 aliphatic rings. The molecule has 2 heterocycles. The van der Waals surface area contributed by atoms with E-state index in [0.717, 1.165) is 0 Å². The van der Waals surface area contributed by atoms with Gasteiger partial charge in [-0.3, -0.25) is 0 Å². The van der Waals surface area contributed by atoms with Crippen LogP contribution in [-0.2, 0) is 15.9 Å². The van der Waals surface area contributed by atoms with Crippen LogP contribution in [0.2, 0.25) is 0 Å². The Bertz CT molecular complexity index is 659. The van der Waals surface area contributed by atoms with E-state index in [0.29, 0.717) is 12.0 Å². The number of phenolic OH excluding ortho intramolecular Hbond substituents is 1. The van der Waals surface area contributed by atoms with Gasteiger partial charge in [0.1, 0.15) is 47.6 Å². The van der Waals surface area contributed by atoms with Gasteiger partial charge in [0, 0.05) is 12.0 Å². The minimum absolute atomic E-state index is 0.00553. The number of carbonyl (C=O) groups is 1. The molecule has 1 saturated heterocycles. The lowest BCUT2D eigenvalue weighted by molar-refractivity contribution is -0.277. The number of benzene rings is 1. The van der Waals surface area contributed by atoms with E-state index in [2.05, 4.69) is 0 Å². The Morgan fingerprint density at radius 3 is 2.60 bits per heavy atom. The van der Waals surface area contributed by atoms with Crippen LogP contribution in [0.4, 0.5) is 0 Å². The highest BCUT2D eigenvalue weighted by molar-refractivity contribution is 5.96. The summed E-state index contributed by atoms with van der Waals surface area (Å²) >= 11 is 0. The molecule has 0 spiro atoms. The van der Waals surface area contributed by atoms with Gasteiger partial charge in [0.25, 0.3) is 0 Å². The Morgan fingerprint density at radius 1 is 1.20 bits per heavy atom. The van der Waals surface area contributed by atoms with Gasteiger partial charge in [0.15, 0.2) is 0 Å². The van der Waals surface area contributed by atoms with Crippen LogP contribution in [0.5, 0.6) is 11.5 Å². The third kappa shape index (κ3) is 3.16. The number of rotatable bonds is 3. The molecule has 0 aromatic heterocycles. The number of cyclic esters (lactones) is 1. The summed E-state index contributed by atoms with van der Waals surface area (Å²) in [5.41, 5.74) is 0.362. The van der Waals surface area contributed by atoms with E-state index in [4.69, 9.17) is 14.2 Å². The molecule has 138 valence electrons. The molecule has 0 amide bonds. The summed E-state index contributed by atoms with van der Waals surface area (Å²) in [6.07, 6.45) is -7.41. The molecule has 0 saturated carbocycles. The van der Waals surface area contributed by atoms with Crippen LogP contribution in [0.15, 0.2) is 12.1 Å². The molecule has 5 N–H and O–H groups in total. The van der Waals surface area contributed by atoms with Crippen molar-refractivity contribution >= 4 is 5.97 Å². The number of aliphatic hydroxyl groups excluding tert-OH is 4. The molecule has 9 nitrogen and oxygen atoms in total. The highest BCUT2D eigenvalue weighted by Gasteiger charge is 2.45. The lowest BCUT2D eigenvalue weighted by Gasteiger charge is -2.39. The van der Waals surface area contributed by atoms with E-state index < -0.39 is 49.4 Å². The van der Waals surface area contributed by atoms with E-state index in [1.54, 1.807) is 6.92 Å². The molecule has 25 heavy (non-hydrogen) atoms. The smallest absolute Gasteiger partial charge is 0.342 e. The molecule has 1 fully saturated rings. The summed E-state index contributed by atoms with van der Waals surface area (Å²) in [6.45, 7) is 1.09. The number of hydrogen-bond acceptors (Lipinski definition) is 9. The maximum Gasteiger partial charge on any atom is 0.342 e. The summed E-state index contributed by atoms with van der Waals surface area (Å²) in [6, 6.07) is 2.65. The average Bonchev–Trinajstić information content (AvgIpc) is 2.57. The first-order chi connectivity index (χ1) is 11.8. The zero-order chi connectivity index (χ0) is 18.3. The van der Waals surface area contributed by atoms with Crippen molar-refractivity contribution < 1.29 is 44.5 Å². The highest BCUT2D eigenvalue weighted by atomic mass is 16.7. The number of phenols is 1. The summed E-state index contributed by atoms with van der Waals surface area (Å²) in [7, 11) is 0. The van der Waals surface area contributed by atoms with E-state index >= 15 is 0 Å². The molecular formula is C16H20O9. The quantitative estimate of drug-likeness (QED) is 0.416. The zero-order valence-corrected chi connectivity index (χ0v) is 13.4. The molecular weight excluding hydrogens is 336 g/mol. The van der Waals surface area contributed by atoms with E-state index in [1.165, 1.54) is 12.1 Å². The second-order valence-corrected chi connectivity index (χ2v) is 6.17. The van der Waals surface area contributed by atoms with Crippen molar-refractivity contribution in [2.45, 2.75) is 50.2 Å². The molecule has 0 bridgehead atoms. The standard InChI is InChI=1S/C16H20O9/c1-6-4-7-8(18)2-3-9(11(7)15(22)23-6)24-16-14(21)13(20)12(19)10(5-17)25-16/h2-3,6,10,12-14,16-21H,4-5H2,1H3. The normalized spacial score (nSPS) is 35.0. The zero-order valence-electron chi connectivity index (χ0n) is 13.4. The maximum absolute atomic E-state index is 12.2. The molecule has 2 aliphatic heterocycles. The van der Waals surface area contributed by atoms with Crippen molar-refractivity contribution in [2.75, 3.05) is 6.61 Å². The van der Waals surface area contributed by atoms with Crippen molar-refractivity contribution in [3.8, 4) is 11.5 Å². The largest absolute Gasteiger partial charge is 0.508 e. The fourth-order valence-corrected chi connectivity index (χ4v) is 3.00. The minimum Gasteiger partial charge on any atom is -0.508 e. The van der Waals surface area contributed by atoms with E-state index in [9.17, 15) is 30.3 Å². The first-order valence-corrected chi connectivity index (χ1v) is 7.86. The van der Waals surface area contributed by atoms with Gasteiger partial charge in [-0.15, -0.1) is 0 Å². The topological polar surface area (TPSA) is 146 Å². The first-order valence-electron chi connectivity index (χ1n) is 7.86. The van der Waals surface area contributed by atoms with Crippen LogP contribution in [0.25, 0.3) is 0 Å². The average molecular weight is 356 g/mol. The molecule has 0 aliphatic carbocycles. The number of carbonyl (C=O) groups excluding carboxylic acids is 1. The molecule has 6 unspecified atom stereocenters. The summed E-state index contributed by atoms with van der Waals surface area (Å²) in [4.78, 5) is 12.2. The third-order valence-corrected chi connectivity index (χ3v) is 4.35. The van der Waals surface area contributed by atoms with Crippen molar-refractivity contribution in [3.63, 3.8) is 0 Å². The lowest BCUT2D eigenvalue weighted by Crippen LogP contribution is -2.60. The van der Waals surface area contributed by atoms with Crippen LogP contribution in [0.1, 0.15) is 22.8 Å². The van der Waals surface area contributed by atoms with Gasteiger partial charge in [-0.05, 0) is 19.1 Å². The Hall–Kier alpha value is -1.91. The first kappa shape index (κ1) is 17.9. The van der Waals surface area contributed by atoms with Gasteiger partial charge in [0.2, 0.25) is 6.29 Å². The predicted octanol–water partition coefficient (Wildman–Crippen LogP) is -1.33. The molecule has 3 rings (SSSR count). The van der Waals surface area contributed by atoms with Crippen molar-refractivity contribution in [3.05, 3.63) is 23.3 Å². The van der Waals surface area contributed by atoms with Crippen molar-refractivity contribution in [1.82, 2.24) is 0 Å². The van der Waals surface area contributed by atoms with Gasteiger partial charge in [-0.1, -0.05) is 0 Å². The highest BCUT2D eigenvalue weighted by Crippen LogP contribution is 2.36. The van der Waals surface area contributed by atoms with Gasteiger partial charge in [-0.25, -0.2) is 4.79 Å². The van der Waals surface area contributed by atoms with Crippen LogP contribution in [-0.4, -0.2) is 74.9 Å². The molecule has 0 radical (unpaired) electrons. The Labute approximate surface area is 143 Å². The van der Waals surface area contributed by atoms with Crippen LogP contribution in [0, 0.1) is 0 Å². The number of aromatic hydroxyl groups is 1. The third-order valence-electron chi connectivity index (χ3n) is 4.35. The molecule has 6 atom stereocenters. The van der Waals surface area contributed by atoms with Crippen molar-refractivity contribution in [2.24, 2.45) is 0 Å². The van der Waals surface area contributed by atoms with Gasteiger partial charge >= 0.3 is 5.97 Å². The van der Waals surface area contributed by atoms with Crippen LogP contribution in [0.3, 0.4) is 0 Å². The summed E-state index contributed by atoms with van der Waals surface area (Å²) in [5.74, 6) is -0.780. The van der Waals surface area contributed by atoms with Crippen LogP contribution >= 0.6 is 0 Å². The minimum atomic E-state index is -1.61. The van der Waals surface area contributed by atoms with E-state index in [-0.39, 0.29) is 17.1 Å². The maximum atomic E-state index is 12.2. The van der Waals surface area contributed by atoms with Gasteiger partial charge in [0.05, 0.1) is 6.61 Å². The van der Waals surface area contributed by atoms with E-state index in [1.807, 2.05) is 0 Å². The summed E-state index contributed by atoms with van der Waals surface area (Å²) in [5, 5.41) is 48.8. The van der Waals surface area contributed by atoms with Gasteiger partial charge < -0.3 is 39.7 Å². The Kier molecular flexibility index (Phi) is 4.85. The second-order valence-electron chi connectivity index (χ2n) is 6.17. The van der Waals surface area contributed by atoms with Crippen LogP contribution < -0.4 is 4.74 Å². The fourth-order valence-electron chi connectivity index (χ4n) is 3.00. The molecule has 1 aromatic carbocycles. The lowest BCUT2D eigenvalue weighted by atomic mass is 9.96. The number of hydrogen-bond donors (Lipinski definition) is 5. The number of fused-ring (bicyclic) bond motifs is 1. The molecule has 9 heteroatoms.